The van der Waals surface area contributed by atoms with Crippen LogP contribution in [0.4, 0.5) is 0 Å². The van der Waals surface area contributed by atoms with Gasteiger partial charge in [-0.1, -0.05) is 140 Å². The Hall–Kier alpha value is -6.23. The van der Waals surface area contributed by atoms with Gasteiger partial charge >= 0.3 is 0 Å². The van der Waals surface area contributed by atoms with Crippen LogP contribution in [0.5, 0.6) is 0 Å². The van der Waals surface area contributed by atoms with Gasteiger partial charge in [0.25, 0.3) is 0 Å². The van der Waals surface area contributed by atoms with E-state index in [4.69, 9.17) is 15.0 Å². The maximum absolute atomic E-state index is 5.27. The molecule has 2 aromatic heterocycles. The molecule has 3 nitrogen and oxygen atoms in total. The van der Waals surface area contributed by atoms with E-state index in [1.165, 1.54) is 47.5 Å². The minimum absolute atomic E-state index is 0.658. The van der Waals surface area contributed by atoms with E-state index in [9.17, 15) is 0 Å². The van der Waals surface area contributed by atoms with Crippen molar-refractivity contribution in [1.29, 1.82) is 0 Å². The molecule has 8 aromatic carbocycles. The summed E-state index contributed by atoms with van der Waals surface area (Å²) in [6.45, 7) is 0. The van der Waals surface area contributed by atoms with Gasteiger partial charge in [-0.15, -0.1) is 11.3 Å². The van der Waals surface area contributed by atoms with Gasteiger partial charge in [0.2, 0.25) is 0 Å². The molecule has 0 saturated heterocycles. The van der Waals surface area contributed by atoms with Crippen molar-refractivity contribution in [1.82, 2.24) is 15.0 Å². The van der Waals surface area contributed by atoms with E-state index in [-0.39, 0.29) is 0 Å². The Labute approximate surface area is 286 Å². The normalized spacial score (nSPS) is 11.7. The Morgan fingerprint density at radius 1 is 0.327 bits per heavy atom. The molecule has 10 rings (SSSR count). The first-order chi connectivity index (χ1) is 24.3. The highest BCUT2D eigenvalue weighted by Gasteiger charge is 2.19. The van der Waals surface area contributed by atoms with Crippen molar-refractivity contribution in [3.63, 3.8) is 0 Å². The van der Waals surface area contributed by atoms with E-state index >= 15 is 0 Å². The molecule has 0 N–H and O–H groups in total. The zero-order valence-electron chi connectivity index (χ0n) is 26.3. The van der Waals surface area contributed by atoms with E-state index in [1.807, 2.05) is 0 Å². The molecule has 0 bridgehead atoms. The van der Waals surface area contributed by atoms with Crippen molar-refractivity contribution in [2.45, 2.75) is 0 Å². The zero-order valence-corrected chi connectivity index (χ0v) is 27.2. The fourth-order valence-electron chi connectivity index (χ4n) is 7.19. The number of fused-ring (bicyclic) bond motifs is 6. The number of benzene rings is 8. The van der Waals surface area contributed by atoms with Crippen LogP contribution in [-0.2, 0) is 0 Å². The Morgan fingerprint density at radius 3 is 1.73 bits per heavy atom. The predicted octanol–water partition coefficient (Wildman–Crippen LogP) is 12.4. The molecule has 0 saturated carbocycles. The Kier molecular flexibility index (Phi) is 6.36. The summed E-state index contributed by atoms with van der Waals surface area (Å²) < 4.78 is 2.44. The van der Waals surface area contributed by atoms with Crippen LogP contribution in [0.15, 0.2) is 164 Å². The van der Waals surface area contributed by atoms with Crippen LogP contribution in [0.25, 0.3) is 97.8 Å². The quantitative estimate of drug-likeness (QED) is 0.192. The number of thiophene rings is 1. The predicted molar refractivity (Wildman–Crippen MR) is 207 cm³/mol. The zero-order chi connectivity index (χ0) is 32.3. The van der Waals surface area contributed by atoms with Crippen LogP contribution in [-0.4, -0.2) is 15.0 Å². The SMILES string of the molecule is c1ccc2cc(-c3nc(-c4ccc(-c5cccc6ccccc56)c5ccccc45)nc(-c4cccc5c4sc4ccccc45)n3)ccc2c1. The van der Waals surface area contributed by atoms with Crippen molar-refractivity contribution >= 4 is 63.8 Å². The minimum Gasteiger partial charge on any atom is -0.208 e. The molecule has 0 fully saturated rings. The summed E-state index contributed by atoms with van der Waals surface area (Å²) in [5, 5.41) is 9.55. The second-order valence-electron chi connectivity index (χ2n) is 12.4. The van der Waals surface area contributed by atoms with Crippen LogP contribution in [0.2, 0.25) is 0 Å². The molecule has 0 aliphatic heterocycles. The average molecular weight is 642 g/mol. The lowest BCUT2D eigenvalue weighted by molar-refractivity contribution is 1.08. The molecule has 0 aliphatic rings. The summed E-state index contributed by atoms with van der Waals surface area (Å²) in [5.74, 6) is 1.99. The van der Waals surface area contributed by atoms with Gasteiger partial charge in [0.1, 0.15) is 0 Å². The number of hydrogen-bond acceptors (Lipinski definition) is 4. The summed E-state index contributed by atoms with van der Waals surface area (Å²) in [4.78, 5) is 15.7. The summed E-state index contributed by atoms with van der Waals surface area (Å²) in [6.07, 6.45) is 0. The van der Waals surface area contributed by atoms with E-state index in [1.54, 1.807) is 11.3 Å². The topological polar surface area (TPSA) is 38.7 Å². The molecule has 0 spiro atoms. The summed E-state index contributed by atoms with van der Waals surface area (Å²) in [5.41, 5.74) is 5.36. The van der Waals surface area contributed by atoms with Crippen molar-refractivity contribution in [3.8, 4) is 45.3 Å². The van der Waals surface area contributed by atoms with E-state index < -0.39 is 0 Å². The highest BCUT2D eigenvalue weighted by Crippen LogP contribution is 2.41. The van der Waals surface area contributed by atoms with Gasteiger partial charge in [-0.3, -0.25) is 0 Å². The third-order valence-electron chi connectivity index (χ3n) is 9.53. The standard InChI is InChI=1S/C45H27N3S/c1-2-13-30-27-31(24-23-28(30)11-1)43-46-44(48-45(47-43)40-21-10-20-38-37-18-7-8-22-41(37)49-42(38)40)39-26-25-36(34-16-5-6-17-35(34)39)33-19-9-14-29-12-3-4-15-32(29)33/h1-27H. The largest absolute Gasteiger partial charge is 0.208 e. The minimum atomic E-state index is 0.658. The molecular formula is C45H27N3S. The number of aromatic nitrogens is 3. The van der Waals surface area contributed by atoms with E-state index in [0.717, 1.165) is 32.8 Å². The Bertz CT molecular complexity index is 2900. The first kappa shape index (κ1) is 27.8. The van der Waals surface area contributed by atoms with Gasteiger partial charge in [0, 0.05) is 36.9 Å². The Balaban J connectivity index is 1.23. The maximum Gasteiger partial charge on any atom is 0.165 e. The fraction of sp³-hybridized carbons (Fsp3) is 0. The van der Waals surface area contributed by atoms with Gasteiger partial charge in [-0.05, 0) is 67.7 Å². The highest BCUT2D eigenvalue weighted by molar-refractivity contribution is 7.26. The second kappa shape index (κ2) is 11.2. The second-order valence-corrected chi connectivity index (χ2v) is 13.4. The summed E-state index contributed by atoms with van der Waals surface area (Å²) in [7, 11) is 0. The third-order valence-corrected chi connectivity index (χ3v) is 10.8. The maximum atomic E-state index is 5.27. The molecule has 0 amide bonds. The average Bonchev–Trinajstić information content (AvgIpc) is 3.56. The van der Waals surface area contributed by atoms with Crippen molar-refractivity contribution < 1.29 is 0 Å². The first-order valence-electron chi connectivity index (χ1n) is 16.4. The lowest BCUT2D eigenvalue weighted by atomic mass is 9.92. The lowest BCUT2D eigenvalue weighted by Crippen LogP contribution is -2.01. The molecule has 49 heavy (non-hydrogen) atoms. The highest BCUT2D eigenvalue weighted by atomic mass is 32.1. The molecule has 0 radical (unpaired) electrons. The molecule has 0 aliphatic carbocycles. The monoisotopic (exact) mass is 641 g/mol. The van der Waals surface area contributed by atoms with Gasteiger partial charge < -0.3 is 0 Å². The Morgan fingerprint density at radius 2 is 0.878 bits per heavy atom. The van der Waals surface area contributed by atoms with Gasteiger partial charge in [0.05, 0.1) is 0 Å². The van der Waals surface area contributed by atoms with Gasteiger partial charge in [0.15, 0.2) is 17.5 Å². The van der Waals surface area contributed by atoms with Crippen LogP contribution < -0.4 is 0 Å². The number of nitrogens with zero attached hydrogens (tertiary/aromatic N) is 3. The van der Waals surface area contributed by atoms with Crippen LogP contribution >= 0.6 is 11.3 Å². The first-order valence-corrected chi connectivity index (χ1v) is 17.3. The third kappa shape index (κ3) is 4.61. The molecular weight excluding hydrogens is 615 g/mol. The molecule has 0 unspecified atom stereocenters. The molecule has 228 valence electrons. The van der Waals surface area contributed by atoms with Crippen molar-refractivity contribution in [3.05, 3.63) is 164 Å². The fourth-order valence-corrected chi connectivity index (χ4v) is 8.40. The lowest BCUT2D eigenvalue weighted by Gasteiger charge is -2.14. The summed E-state index contributed by atoms with van der Waals surface area (Å²) >= 11 is 1.79. The van der Waals surface area contributed by atoms with E-state index in [0.29, 0.717) is 17.5 Å². The molecule has 2 heterocycles. The number of hydrogen-bond donors (Lipinski definition) is 0. The smallest absolute Gasteiger partial charge is 0.165 e. The number of rotatable bonds is 4. The van der Waals surface area contributed by atoms with Crippen molar-refractivity contribution in [2.24, 2.45) is 0 Å². The van der Waals surface area contributed by atoms with Gasteiger partial charge in [-0.25, -0.2) is 15.0 Å². The van der Waals surface area contributed by atoms with Gasteiger partial charge in [-0.2, -0.15) is 0 Å². The summed E-state index contributed by atoms with van der Waals surface area (Å²) in [6, 6.07) is 58.0. The molecule has 4 heteroatoms. The van der Waals surface area contributed by atoms with Crippen LogP contribution in [0, 0.1) is 0 Å². The molecule has 0 atom stereocenters. The van der Waals surface area contributed by atoms with Crippen LogP contribution in [0.1, 0.15) is 0 Å². The van der Waals surface area contributed by atoms with Crippen LogP contribution in [0.3, 0.4) is 0 Å². The van der Waals surface area contributed by atoms with Crippen molar-refractivity contribution in [2.75, 3.05) is 0 Å². The molecule has 10 aromatic rings. The van der Waals surface area contributed by atoms with E-state index in [2.05, 4.69) is 164 Å².